The molecule has 1 rings (SSSR count). The predicted octanol–water partition coefficient (Wildman–Crippen LogP) is 1.78. The van der Waals surface area contributed by atoms with Crippen LogP contribution < -0.4 is 10.5 Å². The number of sulfone groups is 1. The lowest BCUT2D eigenvalue weighted by Crippen LogP contribution is -2.24. The van der Waals surface area contributed by atoms with Crippen LogP contribution in [0.1, 0.15) is 25.3 Å². The molecule has 1 aromatic rings. The van der Waals surface area contributed by atoms with Crippen LogP contribution in [0.15, 0.2) is 24.3 Å². The van der Waals surface area contributed by atoms with Gasteiger partial charge in [0.25, 0.3) is 0 Å². The van der Waals surface area contributed by atoms with Crippen LogP contribution in [0.2, 0.25) is 0 Å². The fraction of sp³-hybridized carbons (Fsp3) is 0.571. The normalized spacial score (nSPS) is 13.2. The first-order valence-corrected chi connectivity index (χ1v) is 8.38. The maximum atomic E-state index is 11.4. The topological polar surface area (TPSA) is 69.4 Å². The fourth-order valence-corrected chi connectivity index (χ4v) is 2.81. The van der Waals surface area contributed by atoms with Gasteiger partial charge in [0.15, 0.2) is 0 Å². The molecule has 0 heterocycles. The summed E-state index contributed by atoms with van der Waals surface area (Å²) in [6.45, 7) is 1.67. The lowest BCUT2D eigenvalue weighted by Gasteiger charge is -2.12. The molecule has 5 heteroatoms. The van der Waals surface area contributed by atoms with Crippen LogP contribution in [-0.4, -0.2) is 33.1 Å². The molecule has 108 valence electrons. The second kappa shape index (κ2) is 7.50. The van der Waals surface area contributed by atoms with E-state index in [2.05, 4.69) is 0 Å². The van der Waals surface area contributed by atoms with Crippen molar-refractivity contribution in [2.45, 2.75) is 32.2 Å². The molecule has 2 N–H and O–H groups in total. The molecule has 1 aromatic carbocycles. The van der Waals surface area contributed by atoms with Crippen LogP contribution >= 0.6 is 0 Å². The van der Waals surface area contributed by atoms with E-state index in [0.717, 1.165) is 24.2 Å². The number of hydrogen-bond donors (Lipinski definition) is 1. The van der Waals surface area contributed by atoms with Crippen molar-refractivity contribution in [3.05, 3.63) is 29.8 Å². The number of rotatable bonds is 8. The van der Waals surface area contributed by atoms with E-state index < -0.39 is 9.84 Å². The van der Waals surface area contributed by atoms with Crippen LogP contribution in [0.25, 0.3) is 0 Å². The monoisotopic (exact) mass is 285 g/mol. The Hall–Kier alpha value is -1.07. The van der Waals surface area contributed by atoms with Crippen LogP contribution in [0.5, 0.6) is 5.75 Å². The molecule has 1 unspecified atom stereocenters. The highest BCUT2D eigenvalue weighted by atomic mass is 32.2. The van der Waals surface area contributed by atoms with Gasteiger partial charge in [-0.2, -0.15) is 0 Å². The molecule has 0 radical (unpaired) electrons. The Morgan fingerprint density at radius 1 is 1.37 bits per heavy atom. The van der Waals surface area contributed by atoms with Crippen molar-refractivity contribution in [2.24, 2.45) is 5.73 Å². The molecule has 0 aromatic heterocycles. The molecule has 0 aliphatic carbocycles. The van der Waals surface area contributed by atoms with Crippen LogP contribution in [0, 0.1) is 0 Å². The molecule has 0 spiro atoms. The molecule has 1 atom stereocenters. The number of hydrogen-bond acceptors (Lipinski definition) is 4. The number of methoxy groups -OCH3 is 1. The molecule has 0 aliphatic heterocycles. The minimum atomic E-state index is -2.87. The van der Waals surface area contributed by atoms with E-state index in [0.29, 0.717) is 6.42 Å². The van der Waals surface area contributed by atoms with E-state index in [1.54, 1.807) is 14.0 Å². The minimum absolute atomic E-state index is 0.0147. The van der Waals surface area contributed by atoms with Gasteiger partial charge in [-0.15, -0.1) is 0 Å². The lowest BCUT2D eigenvalue weighted by molar-refractivity contribution is 0.414. The highest BCUT2D eigenvalue weighted by Gasteiger charge is 2.10. The standard InChI is InChI=1S/C14H23NO3S/c1-3-19(16,17)9-5-7-13(15)10-12-6-4-8-14(11-12)18-2/h4,6,8,11,13H,3,5,7,9-10,15H2,1-2H3. The Bertz CT molecular complexity index is 485. The van der Waals surface area contributed by atoms with Gasteiger partial charge in [-0.25, -0.2) is 8.42 Å². The Morgan fingerprint density at radius 3 is 2.74 bits per heavy atom. The third kappa shape index (κ3) is 6.07. The van der Waals surface area contributed by atoms with Gasteiger partial charge in [-0.05, 0) is 37.0 Å². The van der Waals surface area contributed by atoms with Crippen LogP contribution in [0.3, 0.4) is 0 Å². The van der Waals surface area contributed by atoms with Crippen molar-refractivity contribution in [1.29, 1.82) is 0 Å². The summed E-state index contributed by atoms with van der Waals surface area (Å²) in [5.41, 5.74) is 7.15. The average molecular weight is 285 g/mol. The SMILES string of the molecule is CCS(=O)(=O)CCCC(N)Cc1cccc(OC)c1. The molecule has 0 saturated carbocycles. The maximum absolute atomic E-state index is 11.4. The Morgan fingerprint density at radius 2 is 2.11 bits per heavy atom. The van der Waals surface area contributed by atoms with Gasteiger partial charge in [0.2, 0.25) is 0 Å². The fourth-order valence-electron chi connectivity index (χ4n) is 1.91. The van der Waals surface area contributed by atoms with Gasteiger partial charge in [0, 0.05) is 11.8 Å². The number of nitrogens with two attached hydrogens (primary N) is 1. The molecular weight excluding hydrogens is 262 g/mol. The van der Waals surface area contributed by atoms with E-state index in [-0.39, 0.29) is 17.5 Å². The molecule has 0 fully saturated rings. The molecule has 19 heavy (non-hydrogen) atoms. The van der Waals surface area contributed by atoms with Gasteiger partial charge in [0.05, 0.1) is 12.9 Å². The minimum Gasteiger partial charge on any atom is -0.497 e. The Labute approximate surface area is 115 Å². The molecule has 0 aliphatic rings. The summed E-state index contributed by atoms with van der Waals surface area (Å²) in [5, 5.41) is 0. The summed E-state index contributed by atoms with van der Waals surface area (Å²) in [4.78, 5) is 0. The summed E-state index contributed by atoms with van der Waals surface area (Å²) in [7, 11) is -1.24. The zero-order valence-electron chi connectivity index (χ0n) is 11.6. The Kier molecular flexibility index (Phi) is 6.31. The first-order chi connectivity index (χ1) is 8.96. The zero-order chi connectivity index (χ0) is 14.3. The average Bonchev–Trinajstić information content (AvgIpc) is 2.38. The number of benzene rings is 1. The molecule has 0 bridgehead atoms. The van der Waals surface area contributed by atoms with E-state index in [1.165, 1.54) is 0 Å². The van der Waals surface area contributed by atoms with Gasteiger partial charge < -0.3 is 10.5 Å². The largest absolute Gasteiger partial charge is 0.497 e. The van der Waals surface area contributed by atoms with Crippen molar-refractivity contribution in [1.82, 2.24) is 0 Å². The van der Waals surface area contributed by atoms with E-state index in [4.69, 9.17) is 10.5 Å². The second-order valence-electron chi connectivity index (χ2n) is 4.69. The smallest absolute Gasteiger partial charge is 0.150 e. The van der Waals surface area contributed by atoms with E-state index in [1.807, 2.05) is 24.3 Å². The molecule has 4 nitrogen and oxygen atoms in total. The summed E-state index contributed by atoms with van der Waals surface area (Å²) in [6.07, 6.45) is 2.08. The van der Waals surface area contributed by atoms with Crippen molar-refractivity contribution in [2.75, 3.05) is 18.6 Å². The summed E-state index contributed by atoms with van der Waals surface area (Å²) >= 11 is 0. The summed E-state index contributed by atoms with van der Waals surface area (Å²) < 4.78 is 27.9. The van der Waals surface area contributed by atoms with Crippen molar-refractivity contribution < 1.29 is 13.2 Å². The van der Waals surface area contributed by atoms with E-state index >= 15 is 0 Å². The maximum Gasteiger partial charge on any atom is 0.150 e. The first-order valence-electron chi connectivity index (χ1n) is 6.55. The zero-order valence-corrected chi connectivity index (χ0v) is 12.4. The predicted molar refractivity (Wildman–Crippen MR) is 78.2 cm³/mol. The quantitative estimate of drug-likeness (QED) is 0.790. The third-order valence-electron chi connectivity index (χ3n) is 3.10. The summed E-state index contributed by atoms with van der Waals surface area (Å²) in [6, 6.07) is 7.78. The molecular formula is C14H23NO3S. The Balaban J connectivity index is 2.40. The summed E-state index contributed by atoms with van der Waals surface area (Å²) in [5.74, 6) is 1.26. The lowest BCUT2D eigenvalue weighted by atomic mass is 10.0. The highest BCUT2D eigenvalue weighted by Crippen LogP contribution is 2.14. The van der Waals surface area contributed by atoms with Crippen LogP contribution in [0.4, 0.5) is 0 Å². The molecule has 0 amide bonds. The van der Waals surface area contributed by atoms with Crippen molar-refractivity contribution in [3.8, 4) is 5.75 Å². The van der Waals surface area contributed by atoms with Gasteiger partial charge in [0.1, 0.15) is 15.6 Å². The number of ether oxygens (including phenoxy) is 1. The van der Waals surface area contributed by atoms with Crippen LogP contribution in [-0.2, 0) is 16.3 Å². The van der Waals surface area contributed by atoms with Crippen molar-refractivity contribution >= 4 is 9.84 Å². The third-order valence-corrected chi connectivity index (χ3v) is 4.89. The molecule has 0 saturated heterocycles. The highest BCUT2D eigenvalue weighted by molar-refractivity contribution is 7.91. The van der Waals surface area contributed by atoms with Crippen molar-refractivity contribution in [3.63, 3.8) is 0 Å². The van der Waals surface area contributed by atoms with Gasteiger partial charge in [-0.1, -0.05) is 19.1 Å². The second-order valence-corrected chi connectivity index (χ2v) is 7.17. The first kappa shape index (κ1) is 16.0. The van der Waals surface area contributed by atoms with Gasteiger partial charge in [-0.3, -0.25) is 0 Å². The van der Waals surface area contributed by atoms with E-state index in [9.17, 15) is 8.42 Å². The van der Waals surface area contributed by atoms with Gasteiger partial charge >= 0.3 is 0 Å².